The van der Waals surface area contributed by atoms with Crippen molar-refractivity contribution in [3.63, 3.8) is 0 Å². The molecule has 4 heteroatoms. The summed E-state index contributed by atoms with van der Waals surface area (Å²) in [6.07, 6.45) is 3.42. The Hall–Kier alpha value is -2.10. The maximum Gasteiger partial charge on any atom is 0.293 e. The molecular weight excluding hydrogens is 262 g/mol. The Bertz CT molecular complexity index is 619. The molecule has 0 spiro atoms. The second-order valence-corrected chi connectivity index (χ2v) is 5.82. The van der Waals surface area contributed by atoms with Crippen molar-refractivity contribution >= 4 is 5.82 Å². The Morgan fingerprint density at radius 1 is 1.19 bits per heavy atom. The SMILES string of the molecule is CC(C)Cn1ccnc(NCC(C)c2ccccc2)c1=O. The monoisotopic (exact) mass is 285 g/mol. The van der Waals surface area contributed by atoms with Gasteiger partial charge in [-0.05, 0) is 17.4 Å². The van der Waals surface area contributed by atoms with Gasteiger partial charge in [0.1, 0.15) is 0 Å². The highest BCUT2D eigenvalue weighted by Crippen LogP contribution is 2.14. The summed E-state index contributed by atoms with van der Waals surface area (Å²) >= 11 is 0. The molecule has 0 fully saturated rings. The summed E-state index contributed by atoms with van der Waals surface area (Å²) in [4.78, 5) is 16.5. The van der Waals surface area contributed by atoms with Crippen LogP contribution in [0.5, 0.6) is 0 Å². The topological polar surface area (TPSA) is 46.9 Å². The Balaban J connectivity index is 2.05. The van der Waals surface area contributed by atoms with Crippen molar-refractivity contribution in [2.75, 3.05) is 11.9 Å². The van der Waals surface area contributed by atoms with E-state index in [0.717, 1.165) is 0 Å². The van der Waals surface area contributed by atoms with E-state index in [1.165, 1.54) is 5.56 Å². The fourth-order valence-corrected chi connectivity index (χ4v) is 2.25. The fraction of sp³-hybridized carbons (Fsp3) is 0.412. The lowest BCUT2D eigenvalue weighted by Crippen LogP contribution is -2.27. The van der Waals surface area contributed by atoms with Crippen LogP contribution in [-0.4, -0.2) is 16.1 Å². The molecule has 1 aromatic heterocycles. The van der Waals surface area contributed by atoms with Gasteiger partial charge in [-0.2, -0.15) is 0 Å². The second-order valence-electron chi connectivity index (χ2n) is 5.82. The van der Waals surface area contributed by atoms with Crippen LogP contribution in [0.2, 0.25) is 0 Å². The van der Waals surface area contributed by atoms with E-state index in [1.807, 2.05) is 18.2 Å². The molecule has 1 aromatic carbocycles. The lowest BCUT2D eigenvalue weighted by molar-refractivity contribution is 0.509. The number of hydrogen-bond donors (Lipinski definition) is 1. The van der Waals surface area contributed by atoms with E-state index in [9.17, 15) is 4.79 Å². The summed E-state index contributed by atoms with van der Waals surface area (Å²) < 4.78 is 1.72. The molecule has 2 aromatic rings. The normalized spacial score (nSPS) is 12.4. The van der Waals surface area contributed by atoms with Gasteiger partial charge < -0.3 is 9.88 Å². The van der Waals surface area contributed by atoms with E-state index in [-0.39, 0.29) is 5.56 Å². The first kappa shape index (κ1) is 15.3. The maximum atomic E-state index is 12.3. The van der Waals surface area contributed by atoms with E-state index in [0.29, 0.717) is 30.7 Å². The molecule has 0 saturated carbocycles. The van der Waals surface area contributed by atoms with Crippen molar-refractivity contribution < 1.29 is 0 Å². The Labute approximate surface area is 125 Å². The number of nitrogens with zero attached hydrogens (tertiary/aromatic N) is 2. The highest BCUT2D eigenvalue weighted by Gasteiger charge is 2.09. The largest absolute Gasteiger partial charge is 0.365 e. The fourth-order valence-electron chi connectivity index (χ4n) is 2.25. The van der Waals surface area contributed by atoms with Crippen LogP contribution < -0.4 is 10.9 Å². The maximum absolute atomic E-state index is 12.3. The summed E-state index contributed by atoms with van der Waals surface area (Å²) in [5.41, 5.74) is 1.20. The molecule has 4 nitrogen and oxygen atoms in total. The van der Waals surface area contributed by atoms with Crippen LogP contribution in [0.3, 0.4) is 0 Å². The van der Waals surface area contributed by atoms with Gasteiger partial charge in [-0.1, -0.05) is 51.1 Å². The van der Waals surface area contributed by atoms with Crippen LogP contribution in [0.25, 0.3) is 0 Å². The highest BCUT2D eigenvalue weighted by molar-refractivity contribution is 5.32. The molecule has 112 valence electrons. The third kappa shape index (κ3) is 4.18. The van der Waals surface area contributed by atoms with E-state index >= 15 is 0 Å². The molecule has 0 saturated heterocycles. The Morgan fingerprint density at radius 2 is 1.90 bits per heavy atom. The average Bonchev–Trinajstić information content (AvgIpc) is 2.48. The Morgan fingerprint density at radius 3 is 2.57 bits per heavy atom. The lowest BCUT2D eigenvalue weighted by atomic mass is 10.0. The predicted octanol–water partition coefficient (Wildman–Crippen LogP) is 3.11. The molecule has 2 rings (SSSR count). The molecule has 0 radical (unpaired) electrons. The molecule has 0 aliphatic heterocycles. The number of benzene rings is 1. The minimum atomic E-state index is -0.0496. The second kappa shape index (κ2) is 7.07. The van der Waals surface area contributed by atoms with Gasteiger partial charge in [0, 0.05) is 25.5 Å². The first-order valence-electron chi connectivity index (χ1n) is 7.42. The zero-order valence-corrected chi connectivity index (χ0v) is 12.9. The zero-order valence-electron chi connectivity index (χ0n) is 12.9. The van der Waals surface area contributed by atoms with Crippen molar-refractivity contribution in [1.29, 1.82) is 0 Å². The standard InChI is InChI=1S/C17H23N3O/c1-13(2)12-20-10-9-18-16(17(20)21)19-11-14(3)15-7-5-4-6-8-15/h4-10,13-14H,11-12H2,1-3H3,(H,18,19). The van der Waals surface area contributed by atoms with Crippen molar-refractivity contribution in [2.24, 2.45) is 5.92 Å². The lowest BCUT2D eigenvalue weighted by Gasteiger charge is -2.14. The highest BCUT2D eigenvalue weighted by atomic mass is 16.1. The molecule has 0 bridgehead atoms. The third-order valence-corrected chi connectivity index (χ3v) is 3.42. The van der Waals surface area contributed by atoms with Crippen LogP contribution in [0.1, 0.15) is 32.3 Å². The van der Waals surface area contributed by atoms with Crippen LogP contribution in [0.15, 0.2) is 47.5 Å². The summed E-state index contributed by atoms with van der Waals surface area (Å²) in [5.74, 6) is 1.19. The number of rotatable bonds is 6. The van der Waals surface area contributed by atoms with Gasteiger partial charge >= 0.3 is 0 Å². The van der Waals surface area contributed by atoms with Gasteiger partial charge in [-0.15, -0.1) is 0 Å². The number of hydrogen-bond acceptors (Lipinski definition) is 3. The Kier molecular flexibility index (Phi) is 5.14. The molecule has 0 aliphatic carbocycles. The van der Waals surface area contributed by atoms with Crippen LogP contribution in [0.4, 0.5) is 5.82 Å². The summed E-state index contributed by atoms with van der Waals surface area (Å²) in [6, 6.07) is 10.3. The first-order valence-corrected chi connectivity index (χ1v) is 7.42. The molecule has 1 atom stereocenters. The smallest absolute Gasteiger partial charge is 0.293 e. The molecule has 0 aliphatic rings. The van der Waals surface area contributed by atoms with E-state index in [1.54, 1.807) is 17.0 Å². The molecule has 21 heavy (non-hydrogen) atoms. The van der Waals surface area contributed by atoms with Gasteiger partial charge in [0.2, 0.25) is 0 Å². The van der Waals surface area contributed by atoms with E-state index < -0.39 is 0 Å². The zero-order chi connectivity index (χ0) is 15.2. The van der Waals surface area contributed by atoms with Gasteiger partial charge in [0.05, 0.1) is 0 Å². The van der Waals surface area contributed by atoms with E-state index in [2.05, 4.69) is 43.2 Å². The van der Waals surface area contributed by atoms with Gasteiger partial charge in [-0.3, -0.25) is 4.79 Å². The molecule has 1 N–H and O–H groups in total. The molecule has 1 unspecified atom stereocenters. The summed E-state index contributed by atoms with van der Waals surface area (Å²) in [5, 5.41) is 3.18. The van der Waals surface area contributed by atoms with Crippen molar-refractivity contribution in [1.82, 2.24) is 9.55 Å². The van der Waals surface area contributed by atoms with E-state index in [4.69, 9.17) is 0 Å². The number of anilines is 1. The molecule has 1 heterocycles. The quantitative estimate of drug-likeness (QED) is 0.887. The van der Waals surface area contributed by atoms with Gasteiger partial charge in [-0.25, -0.2) is 4.98 Å². The van der Waals surface area contributed by atoms with Crippen molar-refractivity contribution in [3.8, 4) is 0 Å². The minimum Gasteiger partial charge on any atom is -0.365 e. The van der Waals surface area contributed by atoms with Gasteiger partial charge in [0.15, 0.2) is 5.82 Å². The number of aromatic nitrogens is 2. The van der Waals surface area contributed by atoms with Crippen LogP contribution in [-0.2, 0) is 6.54 Å². The third-order valence-electron chi connectivity index (χ3n) is 3.42. The van der Waals surface area contributed by atoms with Crippen LogP contribution in [0, 0.1) is 5.92 Å². The predicted molar refractivity (Wildman–Crippen MR) is 86.7 cm³/mol. The van der Waals surface area contributed by atoms with Crippen molar-refractivity contribution in [2.45, 2.75) is 33.2 Å². The average molecular weight is 285 g/mol. The van der Waals surface area contributed by atoms with Gasteiger partial charge in [0.25, 0.3) is 5.56 Å². The number of nitrogens with one attached hydrogen (secondary N) is 1. The van der Waals surface area contributed by atoms with Crippen molar-refractivity contribution in [3.05, 3.63) is 58.6 Å². The summed E-state index contributed by atoms with van der Waals surface area (Å²) in [7, 11) is 0. The molecular formula is C17H23N3O. The minimum absolute atomic E-state index is 0.0496. The van der Waals surface area contributed by atoms with Crippen LogP contribution >= 0.6 is 0 Å². The summed E-state index contributed by atoms with van der Waals surface area (Å²) in [6.45, 7) is 7.73. The molecule has 0 amide bonds. The first-order chi connectivity index (χ1) is 10.1.